The van der Waals surface area contributed by atoms with Gasteiger partial charge in [0.15, 0.2) is 0 Å². The Morgan fingerprint density at radius 1 is 1.17 bits per heavy atom. The van der Waals surface area contributed by atoms with E-state index in [1.807, 2.05) is 0 Å². The number of anilines is 2. The van der Waals surface area contributed by atoms with Gasteiger partial charge in [-0.1, -0.05) is 19.1 Å². The minimum absolute atomic E-state index is 0. The molecule has 1 fully saturated rings. The summed E-state index contributed by atoms with van der Waals surface area (Å²) in [7, 11) is 0. The molecule has 5 nitrogen and oxygen atoms in total. The molecule has 5 rings (SSSR count). The highest BCUT2D eigenvalue weighted by molar-refractivity contribution is 5.86. The summed E-state index contributed by atoms with van der Waals surface area (Å²) in [5.74, 6) is 1.78. The molecule has 8 heteroatoms. The molecule has 0 bridgehead atoms. The van der Waals surface area contributed by atoms with Crippen molar-refractivity contribution in [3.8, 4) is 0 Å². The number of halogens is 3. The van der Waals surface area contributed by atoms with Gasteiger partial charge in [0.1, 0.15) is 12.1 Å². The molecule has 0 saturated carbocycles. The maximum absolute atomic E-state index is 5.78. The fourth-order valence-corrected chi connectivity index (χ4v) is 5.33. The van der Waals surface area contributed by atoms with Gasteiger partial charge in [0.05, 0.1) is 0 Å². The lowest BCUT2D eigenvalue weighted by molar-refractivity contribution is 0.360. The van der Waals surface area contributed by atoms with Crippen molar-refractivity contribution < 1.29 is 0 Å². The average molecular weight is 473 g/mol. The quantitative estimate of drug-likeness (QED) is 0.699. The molecule has 1 unspecified atom stereocenters. The second-order valence-corrected chi connectivity index (χ2v) is 8.54. The lowest BCUT2D eigenvalue weighted by Gasteiger charge is -2.40. The molecule has 1 spiro atoms. The molecule has 2 aliphatic heterocycles. The van der Waals surface area contributed by atoms with Gasteiger partial charge < -0.3 is 16.0 Å². The Kier molecular flexibility index (Phi) is 8.25. The molecule has 1 aromatic carbocycles. The highest BCUT2D eigenvalue weighted by Crippen LogP contribution is 2.46. The van der Waals surface area contributed by atoms with Gasteiger partial charge in [-0.15, -0.1) is 37.2 Å². The van der Waals surface area contributed by atoms with Crippen LogP contribution in [0.1, 0.15) is 54.5 Å². The van der Waals surface area contributed by atoms with Crippen LogP contribution in [0.3, 0.4) is 0 Å². The number of nitrogens with two attached hydrogens (primary N) is 1. The topological polar surface area (TPSA) is 67.1 Å². The van der Waals surface area contributed by atoms with E-state index in [4.69, 9.17) is 10.7 Å². The molecule has 166 valence electrons. The Hall–Kier alpha value is -1.27. The predicted molar refractivity (Wildman–Crippen MR) is 131 cm³/mol. The Balaban J connectivity index is 0.00000107. The lowest BCUT2D eigenvalue weighted by atomic mass is 9.74. The standard InChI is InChI=1S/C22H29N5.3ClH/c1-15-2-4-19-20(15)21(26-14-25-19)27-10-7-22(8-11-27)13-24-18-5-3-16(6-9-23)12-17(18)22;;;/h3,5,12,14-15,24H,2,4,6-11,13,23H2,1H3;3*1H. The van der Waals surface area contributed by atoms with Crippen LogP contribution in [0.2, 0.25) is 0 Å². The summed E-state index contributed by atoms with van der Waals surface area (Å²) < 4.78 is 0. The van der Waals surface area contributed by atoms with E-state index in [0.29, 0.717) is 12.5 Å². The number of aromatic nitrogens is 2. The first-order valence-electron chi connectivity index (χ1n) is 10.4. The first-order chi connectivity index (χ1) is 13.2. The van der Waals surface area contributed by atoms with Crippen molar-refractivity contribution in [3.05, 3.63) is 46.9 Å². The zero-order chi connectivity index (χ0) is 18.4. The number of benzene rings is 1. The van der Waals surface area contributed by atoms with Gasteiger partial charge in [-0.2, -0.15) is 0 Å². The molecular formula is C22H32Cl3N5. The van der Waals surface area contributed by atoms with Gasteiger partial charge >= 0.3 is 0 Å². The molecule has 1 aliphatic carbocycles. The van der Waals surface area contributed by atoms with Crippen LogP contribution >= 0.6 is 37.2 Å². The second kappa shape index (κ2) is 9.90. The molecule has 30 heavy (non-hydrogen) atoms. The zero-order valence-corrected chi connectivity index (χ0v) is 19.8. The Morgan fingerprint density at radius 2 is 1.93 bits per heavy atom. The summed E-state index contributed by atoms with van der Waals surface area (Å²) >= 11 is 0. The van der Waals surface area contributed by atoms with Crippen LogP contribution in [0.5, 0.6) is 0 Å². The molecule has 3 N–H and O–H groups in total. The number of aryl methyl sites for hydroxylation is 1. The molecule has 1 saturated heterocycles. The predicted octanol–water partition coefficient (Wildman–Crippen LogP) is 4.26. The van der Waals surface area contributed by atoms with E-state index >= 15 is 0 Å². The van der Waals surface area contributed by atoms with Crippen LogP contribution in [-0.2, 0) is 18.3 Å². The van der Waals surface area contributed by atoms with Gasteiger partial charge in [-0.25, -0.2) is 9.97 Å². The van der Waals surface area contributed by atoms with Gasteiger partial charge in [-0.05, 0) is 61.8 Å². The van der Waals surface area contributed by atoms with Crippen molar-refractivity contribution in [2.75, 3.05) is 36.4 Å². The summed E-state index contributed by atoms with van der Waals surface area (Å²) in [6.45, 7) is 6.22. The third kappa shape index (κ3) is 4.10. The van der Waals surface area contributed by atoms with Gasteiger partial charge in [0.2, 0.25) is 0 Å². The number of fused-ring (bicyclic) bond motifs is 3. The first kappa shape index (κ1) is 25.0. The maximum Gasteiger partial charge on any atom is 0.135 e. The molecule has 0 amide bonds. The first-order valence-corrected chi connectivity index (χ1v) is 10.4. The molecular weight excluding hydrogens is 441 g/mol. The monoisotopic (exact) mass is 471 g/mol. The van der Waals surface area contributed by atoms with E-state index in [1.54, 1.807) is 6.33 Å². The average Bonchev–Trinajstić information content (AvgIpc) is 3.24. The minimum Gasteiger partial charge on any atom is -0.384 e. The van der Waals surface area contributed by atoms with E-state index in [2.05, 4.69) is 40.3 Å². The van der Waals surface area contributed by atoms with Crippen LogP contribution in [0, 0.1) is 0 Å². The summed E-state index contributed by atoms with van der Waals surface area (Å²) in [6.07, 6.45) is 7.38. The van der Waals surface area contributed by atoms with Crippen molar-refractivity contribution in [1.82, 2.24) is 9.97 Å². The molecule has 0 radical (unpaired) electrons. The zero-order valence-electron chi connectivity index (χ0n) is 17.4. The van der Waals surface area contributed by atoms with Crippen molar-refractivity contribution in [2.45, 2.75) is 50.4 Å². The van der Waals surface area contributed by atoms with Crippen LogP contribution in [-0.4, -0.2) is 36.1 Å². The number of hydrogen-bond donors (Lipinski definition) is 2. The largest absolute Gasteiger partial charge is 0.384 e. The SMILES string of the molecule is CC1CCc2ncnc(N3CCC4(CC3)CNc3ccc(CCN)cc34)c21.Cl.Cl.Cl. The van der Waals surface area contributed by atoms with Gasteiger partial charge in [0, 0.05) is 42.0 Å². The van der Waals surface area contributed by atoms with Crippen LogP contribution in [0.15, 0.2) is 24.5 Å². The number of piperidine rings is 1. The summed E-state index contributed by atoms with van der Waals surface area (Å²) in [4.78, 5) is 11.8. The number of nitrogens with zero attached hydrogens (tertiary/aromatic N) is 3. The second-order valence-electron chi connectivity index (χ2n) is 8.54. The van der Waals surface area contributed by atoms with Crippen LogP contribution in [0.4, 0.5) is 11.5 Å². The van der Waals surface area contributed by atoms with Crippen molar-refractivity contribution in [2.24, 2.45) is 5.73 Å². The Labute approximate surface area is 197 Å². The minimum atomic E-state index is 0. The van der Waals surface area contributed by atoms with E-state index < -0.39 is 0 Å². The normalized spacial score (nSPS) is 20.3. The molecule has 1 atom stereocenters. The fourth-order valence-electron chi connectivity index (χ4n) is 5.33. The van der Waals surface area contributed by atoms with Gasteiger partial charge in [0.25, 0.3) is 0 Å². The van der Waals surface area contributed by atoms with E-state index in [9.17, 15) is 0 Å². The maximum atomic E-state index is 5.78. The lowest BCUT2D eigenvalue weighted by Crippen LogP contribution is -2.44. The number of hydrogen-bond acceptors (Lipinski definition) is 5. The highest BCUT2D eigenvalue weighted by atomic mass is 35.5. The van der Waals surface area contributed by atoms with Gasteiger partial charge in [-0.3, -0.25) is 0 Å². The number of nitrogens with one attached hydrogen (secondary N) is 1. The Bertz CT molecular complexity index is 868. The fraction of sp³-hybridized carbons (Fsp3) is 0.545. The molecule has 2 aromatic rings. The third-order valence-electron chi connectivity index (χ3n) is 6.98. The number of rotatable bonds is 3. The highest BCUT2D eigenvalue weighted by Gasteiger charge is 2.42. The van der Waals surface area contributed by atoms with Crippen LogP contribution < -0.4 is 16.0 Å². The molecule has 3 aliphatic rings. The smallest absolute Gasteiger partial charge is 0.135 e. The van der Waals surface area contributed by atoms with Crippen molar-refractivity contribution in [1.29, 1.82) is 0 Å². The van der Waals surface area contributed by atoms with Crippen LogP contribution in [0.25, 0.3) is 0 Å². The Morgan fingerprint density at radius 3 is 2.67 bits per heavy atom. The summed E-state index contributed by atoms with van der Waals surface area (Å²) in [6, 6.07) is 6.88. The molecule has 1 aromatic heterocycles. The van der Waals surface area contributed by atoms with E-state index in [1.165, 1.54) is 53.2 Å². The van der Waals surface area contributed by atoms with E-state index in [0.717, 1.165) is 32.5 Å². The van der Waals surface area contributed by atoms with E-state index in [-0.39, 0.29) is 42.6 Å². The molecule has 3 heterocycles. The summed E-state index contributed by atoms with van der Waals surface area (Å²) in [5.41, 5.74) is 12.9. The van der Waals surface area contributed by atoms with Crippen molar-refractivity contribution >= 4 is 48.7 Å². The third-order valence-corrected chi connectivity index (χ3v) is 6.98. The van der Waals surface area contributed by atoms with Crippen molar-refractivity contribution in [3.63, 3.8) is 0 Å². The summed E-state index contributed by atoms with van der Waals surface area (Å²) in [5, 5.41) is 3.66.